The Morgan fingerprint density at radius 1 is 1.60 bits per heavy atom. The van der Waals surface area contributed by atoms with Crippen LogP contribution in [0.3, 0.4) is 0 Å². The van der Waals surface area contributed by atoms with Crippen LogP contribution in [0.5, 0.6) is 5.75 Å². The second-order valence-corrected chi connectivity index (χ2v) is 2.82. The van der Waals surface area contributed by atoms with E-state index in [1.807, 2.05) is 0 Å². The van der Waals surface area contributed by atoms with Gasteiger partial charge in [0.25, 0.3) is 5.69 Å². The van der Waals surface area contributed by atoms with Crippen molar-refractivity contribution >= 4 is 11.8 Å². The second kappa shape index (κ2) is 5.11. The summed E-state index contributed by atoms with van der Waals surface area (Å²) in [5.41, 5.74) is 5.81. The maximum absolute atomic E-state index is 10.7. The van der Waals surface area contributed by atoms with Crippen molar-refractivity contribution in [1.82, 2.24) is 0 Å². The average molecular weight is 208 g/mol. The molecule has 0 unspecified atom stereocenters. The van der Waals surface area contributed by atoms with Crippen molar-refractivity contribution in [3.8, 4) is 5.75 Å². The van der Waals surface area contributed by atoms with Crippen LogP contribution in [0.25, 0.3) is 6.08 Å². The molecule has 1 aromatic rings. The van der Waals surface area contributed by atoms with Crippen LogP contribution in [0.1, 0.15) is 5.56 Å². The average Bonchev–Trinajstić information content (AvgIpc) is 2.26. The van der Waals surface area contributed by atoms with Crippen LogP contribution in [-0.4, -0.2) is 18.6 Å². The van der Waals surface area contributed by atoms with Crippen LogP contribution in [-0.2, 0) is 0 Å². The zero-order chi connectivity index (χ0) is 11.3. The summed E-state index contributed by atoms with van der Waals surface area (Å²) in [7, 11) is 1.47. The predicted molar refractivity (Wildman–Crippen MR) is 57.7 cm³/mol. The summed E-state index contributed by atoms with van der Waals surface area (Å²) in [5.74, 6) is 0.464. The zero-order valence-corrected chi connectivity index (χ0v) is 8.34. The van der Waals surface area contributed by atoms with E-state index in [9.17, 15) is 10.1 Å². The monoisotopic (exact) mass is 208 g/mol. The van der Waals surface area contributed by atoms with Crippen LogP contribution in [0.2, 0.25) is 0 Å². The van der Waals surface area contributed by atoms with Crippen molar-refractivity contribution in [2.24, 2.45) is 5.73 Å². The number of methoxy groups -OCH3 is 1. The summed E-state index contributed by atoms with van der Waals surface area (Å²) >= 11 is 0. The number of ether oxygens (including phenoxy) is 1. The lowest BCUT2D eigenvalue weighted by Gasteiger charge is -2.01. The molecule has 5 nitrogen and oxygen atoms in total. The number of nitro benzene ring substituents is 1. The number of hydrogen-bond acceptors (Lipinski definition) is 4. The van der Waals surface area contributed by atoms with Gasteiger partial charge in [0.1, 0.15) is 5.75 Å². The Balaban J connectivity index is 3.15. The molecule has 0 radical (unpaired) electrons. The van der Waals surface area contributed by atoms with Crippen LogP contribution in [0.4, 0.5) is 5.69 Å². The fourth-order valence-corrected chi connectivity index (χ4v) is 1.14. The summed E-state index contributed by atoms with van der Waals surface area (Å²) in [6.07, 6.45) is 3.28. The molecule has 0 aliphatic rings. The van der Waals surface area contributed by atoms with Gasteiger partial charge < -0.3 is 10.5 Å². The number of nitrogens with zero attached hydrogens (tertiary/aromatic N) is 1. The van der Waals surface area contributed by atoms with Crippen molar-refractivity contribution in [2.75, 3.05) is 13.7 Å². The van der Waals surface area contributed by atoms with Crippen LogP contribution in [0, 0.1) is 10.1 Å². The molecule has 0 aromatic heterocycles. The normalized spacial score (nSPS) is 10.5. The first-order valence-electron chi connectivity index (χ1n) is 4.38. The van der Waals surface area contributed by atoms with Crippen molar-refractivity contribution < 1.29 is 9.66 Å². The Hall–Kier alpha value is -1.88. The standard InChI is InChI=1S/C10H12N2O3/c1-15-9-5-4-8(3-2-6-11)10(7-9)12(13)14/h2-5,7H,6,11H2,1H3. The molecule has 0 spiro atoms. The molecule has 80 valence electrons. The second-order valence-electron chi connectivity index (χ2n) is 2.82. The maximum Gasteiger partial charge on any atom is 0.280 e. The van der Waals surface area contributed by atoms with Crippen molar-refractivity contribution in [3.05, 3.63) is 40.0 Å². The van der Waals surface area contributed by atoms with E-state index in [4.69, 9.17) is 10.5 Å². The Bertz CT molecular complexity index is 388. The first kappa shape index (κ1) is 11.2. The van der Waals surface area contributed by atoms with Gasteiger partial charge in [-0.3, -0.25) is 10.1 Å². The van der Waals surface area contributed by atoms with Crippen LogP contribution >= 0.6 is 0 Å². The number of rotatable bonds is 4. The lowest BCUT2D eigenvalue weighted by molar-refractivity contribution is -0.385. The van der Waals surface area contributed by atoms with E-state index < -0.39 is 4.92 Å². The van der Waals surface area contributed by atoms with Gasteiger partial charge in [-0.1, -0.05) is 12.2 Å². The first-order valence-corrected chi connectivity index (χ1v) is 4.38. The third kappa shape index (κ3) is 2.78. The fraction of sp³-hybridized carbons (Fsp3) is 0.200. The van der Waals surface area contributed by atoms with E-state index >= 15 is 0 Å². The van der Waals surface area contributed by atoms with Gasteiger partial charge in [0.05, 0.1) is 23.7 Å². The summed E-state index contributed by atoms with van der Waals surface area (Å²) in [6, 6.07) is 4.68. The molecule has 5 heteroatoms. The minimum Gasteiger partial charge on any atom is -0.497 e. The van der Waals surface area contributed by atoms with E-state index in [0.29, 0.717) is 17.9 Å². The predicted octanol–water partition coefficient (Wildman–Crippen LogP) is 1.58. The molecule has 0 bridgehead atoms. The zero-order valence-electron chi connectivity index (χ0n) is 8.34. The Morgan fingerprint density at radius 3 is 2.87 bits per heavy atom. The minimum atomic E-state index is -0.446. The summed E-state index contributed by atoms with van der Waals surface area (Å²) in [6.45, 7) is 0.350. The maximum atomic E-state index is 10.7. The van der Waals surface area contributed by atoms with Gasteiger partial charge in [0, 0.05) is 6.54 Å². The molecule has 0 fully saturated rings. The topological polar surface area (TPSA) is 78.4 Å². The molecular formula is C10H12N2O3. The Labute approximate surface area is 87.3 Å². The van der Waals surface area contributed by atoms with Gasteiger partial charge >= 0.3 is 0 Å². The molecule has 0 heterocycles. The molecule has 0 atom stereocenters. The Kier molecular flexibility index (Phi) is 3.82. The molecule has 0 amide bonds. The van der Waals surface area contributed by atoms with Crippen LogP contribution < -0.4 is 10.5 Å². The van der Waals surface area contributed by atoms with Gasteiger partial charge in [-0.25, -0.2) is 0 Å². The summed E-state index contributed by atoms with van der Waals surface area (Å²) in [5, 5.41) is 10.7. The molecule has 1 aromatic carbocycles. The van der Waals surface area contributed by atoms with E-state index in [0.717, 1.165) is 0 Å². The third-order valence-electron chi connectivity index (χ3n) is 1.87. The summed E-state index contributed by atoms with van der Waals surface area (Å²) in [4.78, 5) is 10.3. The van der Waals surface area contributed by atoms with E-state index in [2.05, 4.69) is 0 Å². The Morgan fingerprint density at radius 2 is 2.33 bits per heavy atom. The lowest BCUT2D eigenvalue weighted by atomic mass is 10.1. The smallest absolute Gasteiger partial charge is 0.280 e. The highest BCUT2D eigenvalue weighted by atomic mass is 16.6. The SMILES string of the molecule is COc1ccc(C=CCN)c([N+](=O)[O-])c1. The molecule has 0 saturated heterocycles. The van der Waals surface area contributed by atoms with Crippen LogP contribution in [0.15, 0.2) is 24.3 Å². The lowest BCUT2D eigenvalue weighted by Crippen LogP contribution is -1.95. The number of benzene rings is 1. The van der Waals surface area contributed by atoms with Gasteiger partial charge in [-0.2, -0.15) is 0 Å². The molecule has 0 saturated carbocycles. The molecule has 15 heavy (non-hydrogen) atoms. The largest absolute Gasteiger partial charge is 0.497 e. The fourth-order valence-electron chi connectivity index (χ4n) is 1.14. The highest BCUT2D eigenvalue weighted by Gasteiger charge is 2.12. The van der Waals surface area contributed by atoms with Crippen molar-refractivity contribution in [3.63, 3.8) is 0 Å². The van der Waals surface area contributed by atoms with Crippen molar-refractivity contribution in [2.45, 2.75) is 0 Å². The molecule has 0 aliphatic heterocycles. The minimum absolute atomic E-state index is 0.0130. The molecule has 0 aliphatic carbocycles. The van der Waals surface area contributed by atoms with Gasteiger partial charge in [-0.15, -0.1) is 0 Å². The van der Waals surface area contributed by atoms with E-state index in [1.54, 1.807) is 24.3 Å². The third-order valence-corrected chi connectivity index (χ3v) is 1.87. The first-order chi connectivity index (χ1) is 7.19. The van der Waals surface area contributed by atoms with Gasteiger partial charge in [0.2, 0.25) is 0 Å². The van der Waals surface area contributed by atoms with Gasteiger partial charge in [0.15, 0.2) is 0 Å². The molecule has 2 N–H and O–H groups in total. The van der Waals surface area contributed by atoms with Crippen molar-refractivity contribution in [1.29, 1.82) is 0 Å². The van der Waals surface area contributed by atoms with Gasteiger partial charge in [-0.05, 0) is 12.1 Å². The highest BCUT2D eigenvalue weighted by molar-refractivity contribution is 5.62. The quantitative estimate of drug-likeness (QED) is 0.601. The molecule has 1 rings (SSSR count). The van der Waals surface area contributed by atoms with E-state index in [1.165, 1.54) is 13.2 Å². The van der Waals surface area contributed by atoms with E-state index in [-0.39, 0.29) is 5.69 Å². The summed E-state index contributed by atoms with van der Waals surface area (Å²) < 4.78 is 4.91. The molecular weight excluding hydrogens is 196 g/mol. The number of nitrogens with two attached hydrogens (primary N) is 1. The number of hydrogen-bond donors (Lipinski definition) is 1. The highest BCUT2D eigenvalue weighted by Crippen LogP contribution is 2.25. The number of nitro groups is 1.